The topological polar surface area (TPSA) is 87.0 Å². The van der Waals surface area contributed by atoms with Crippen molar-refractivity contribution in [3.63, 3.8) is 0 Å². The van der Waals surface area contributed by atoms with E-state index in [-0.39, 0.29) is 0 Å². The highest BCUT2D eigenvalue weighted by Gasteiger charge is 2.16. The molecule has 0 aliphatic carbocycles. The molecule has 0 unspecified atom stereocenters. The number of carbonyl (C=O) groups excluding carboxylic acids is 1. The second-order valence-corrected chi connectivity index (χ2v) is 8.12. The minimum Gasteiger partial charge on any atom is -0.372 e. The van der Waals surface area contributed by atoms with Crippen molar-refractivity contribution in [1.29, 1.82) is 0 Å². The molecule has 1 aliphatic rings. The van der Waals surface area contributed by atoms with E-state index in [1.165, 1.54) is 29.9 Å². The molecule has 140 valence electrons. The molecular formula is C20H23N5OS. The average Bonchev–Trinajstić information content (AvgIpc) is 3.32. The SMILES string of the molecule is CC1CCN(c2ccc(Nc3cc(-c4ccc(C(N)=O)s4)[nH]n3)cc2)CC1. The van der Waals surface area contributed by atoms with E-state index in [2.05, 4.69) is 51.6 Å². The minimum atomic E-state index is -0.410. The number of nitrogens with two attached hydrogens (primary N) is 1. The highest BCUT2D eigenvalue weighted by molar-refractivity contribution is 7.17. The number of primary amides is 1. The third-order valence-electron chi connectivity index (χ3n) is 4.98. The van der Waals surface area contributed by atoms with Crippen molar-refractivity contribution in [2.24, 2.45) is 11.7 Å². The maximum absolute atomic E-state index is 11.2. The summed E-state index contributed by atoms with van der Waals surface area (Å²) in [6.45, 7) is 4.59. The van der Waals surface area contributed by atoms with E-state index in [0.29, 0.717) is 4.88 Å². The van der Waals surface area contributed by atoms with Crippen molar-refractivity contribution in [1.82, 2.24) is 10.2 Å². The molecule has 0 atom stereocenters. The number of hydrogen-bond donors (Lipinski definition) is 3. The number of piperidine rings is 1. The normalized spacial score (nSPS) is 15.1. The van der Waals surface area contributed by atoms with Gasteiger partial charge in [0.1, 0.15) is 0 Å². The lowest BCUT2D eigenvalue weighted by atomic mass is 9.99. The van der Waals surface area contributed by atoms with Gasteiger partial charge < -0.3 is 16.0 Å². The lowest BCUT2D eigenvalue weighted by Gasteiger charge is -2.32. The van der Waals surface area contributed by atoms with Gasteiger partial charge in [0, 0.05) is 30.5 Å². The number of thiophene rings is 1. The van der Waals surface area contributed by atoms with E-state index in [1.807, 2.05) is 12.1 Å². The Labute approximate surface area is 162 Å². The Hall–Kier alpha value is -2.80. The number of nitrogens with one attached hydrogen (secondary N) is 2. The zero-order chi connectivity index (χ0) is 18.8. The number of nitrogens with zero attached hydrogens (tertiary/aromatic N) is 2. The minimum absolute atomic E-state index is 0.410. The summed E-state index contributed by atoms with van der Waals surface area (Å²) < 4.78 is 0. The lowest BCUT2D eigenvalue weighted by molar-refractivity contribution is 0.100. The van der Waals surface area contributed by atoms with Crippen molar-refractivity contribution < 1.29 is 4.79 Å². The molecule has 1 fully saturated rings. The van der Waals surface area contributed by atoms with Crippen LogP contribution < -0.4 is 16.0 Å². The second-order valence-electron chi connectivity index (χ2n) is 7.04. The fraction of sp³-hybridized carbons (Fsp3) is 0.300. The van der Waals surface area contributed by atoms with Gasteiger partial charge in [0.05, 0.1) is 15.4 Å². The number of hydrogen-bond acceptors (Lipinski definition) is 5. The molecule has 4 rings (SSSR count). The maximum atomic E-state index is 11.2. The van der Waals surface area contributed by atoms with Crippen LogP contribution in [0.25, 0.3) is 10.6 Å². The van der Waals surface area contributed by atoms with Gasteiger partial charge in [-0.25, -0.2) is 0 Å². The Balaban J connectivity index is 1.42. The number of aromatic nitrogens is 2. The van der Waals surface area contributed by atoms with Crippen molar-refractivity contribution >= 4 is 34.4 Å². The summed E-state index contributed by atoms with van der Waals surface area (Å²) in [5.74, 6) is 1.16. The molecular weight excluding hydrogens is 358 g/mol. The molecule has 3 aromatic rings. The smallest absolute Gasteiger partial charge is 0.258 e. The Morgan fingerprint density at radius 1 is 1.22 bits per heavy atom. The van der Waals surface area contributed by atoms with Gasteiger partial charge in [-0.15, -0.1) is 11.3 Å². The quantitative estimate of drug-likeness (QED) is 0.618. The van der Waals surface area contributed by atoms with Crippen LogP contribution in [0.5, 0.6) is 0 Å². The predicted molar refractivity (Wildman–Crippen MR) is 111 cm³/mol. The summed E-state index contributed by atoms with van der Waals surface area (Å²) in [5.41, 5.74) is 8.43. The zero-order valence-corrected chi connectivity index (χ0v) is 16.1. The van der Waals surface area contributed by atoms with E-state index in [0.717, 1.165) is 41.1 Å². The van der Waals surface area contributed by atoms with Crippen molar-refractivity contribution in [3.8, 4) is 10.6 Å². The van der Waals surface area contributed by atoms with Gasteiger partial charge in [-0.1, -0.05) is 6.92 Å². The fourth-order valence-electron chi connectivity index (χ4n) is 3.30. The molecule has 1 aliphatic heterocycles. The number of aromatic amines is 1. The lowest BCUT2D eigenvalue weighted by Crippen LogP contribution is -2.32. The number of anilines is 3. The summed E-state index contributed by atoms with van der Waals surface area (Å²) >= 11 is 1.35. The van der Waals surface area contributed by atoms with Crippen LogP contribution in [0.4, 0.5) is 17.2 Å². The Morgan fingerprint density at radius 2 is 1.96 bits per heavy atom. The van der Waals surface area contributed by atoms with Crippen molar-refractivity contribution in [2.45, 2.75) is 19.8 Å². The van der Waals surface area contributed by atoms with Gasteiger partial charge in [0.15, 0.2) is 5.82 Å². The van der Waals surface area contributed by atoms with E-state index in [1.54, 1.807) is 6.07 Å². The van der Waals surface area contributed by atoms with Gasteiger partial charge in [-0.2, -0.15) is 5.10 Å². The highest BCUT2D eigenvalue weighted by Crippen LogP contribution is 2.29. The summed E-state index contributed by atoms with van der Waals surface area (Å²) in [5, 5.41) is 10.6. The number of H-pyrrole nitrogens is 1. The summed E-state index contributed by atoms with van der Waals surface area (Å²) in [6, 6.07) is 14.0. The fourth-order valence-corrected chi connectivity index (χ4v) is 4.12. The van der Waals surface area contributed by atoms with Crippen LogP contribution in [0.2, 0.25) is 0 Å². The molecule has 7 heteroatoms. The Morgan fingerprint density at radius 3 is 2.63 bits per heavy atom. The van der Waals surface area contributed by atoms with E-state index in [9.17, 15) is 4.79 Å². The van der Waals surface area contributed by atoms with Gasteiger partial charge in [0.2, 0.25) is 0 Å². The maximum Gasteiger partial charge on any atom is 0.258 e. The summed E-state index contributed by atoms with van der Waals surface area (Å²) in [6.07, 6.45) is 2.52. The van der Waals surface area contributed by atoms with Gasteiger partial charge in [0.25, 0.3) is 5.91 Å². The molecule has 0 radical (unpaired) electrons. The third-order valence-corrected chi connectivity index (χ3v) is 6.11. The van der Waals surface area contributed by atoms with Crippen LogP contribution in [0.3, 0.4) is 0 Å². The number of benzene rings is 1. The monoisotopic (exact) mass is 381 g/mol. The molecule has 1 amide bonds. The highest BCUT2D eigenvalue weighted by atomic mass is 32.1. The molecule has 1 aromatic carbocycles. The molecule has 0 spiro atoms. The average molecular weight is 382 g/mol. The Bertz CT molecular complexity index is 922. The van der Waals surface area contributed by atoms with Crippen LogP contribution in [-0.4, -0.2) is 29.2 Å². The first kappa shape index (κ1) is 17.6. The summed E-state index contributed by atoms with van der Waals surface area (Å²) in [4.78, 5) is 15.2. The standard InChI is InChI=1S/C20H23N5OS/c1-13-8-10-25(11-9-13)15-4-2-14(3-5-15)22-19-12-16(23-24-19)17-6-7-18(27-17)20(21)26/h2-7,12-13H,8-11H2,1H3,(H2,21,26)(H2,22,23,24). The van der Waals surface area contributed by atoms with Crippen LogP contribution in [0, 0.1) is 5.92 Å². The van der Waals surface area contributed by atoms with Crippen LogP contribution in [-0.2, 0) is 0 Å². The first-order valence-electron chi connectivity index (χ1n) is 9.16. The number of amides is 1. The number of carbonyl (C=O) groups is 1. The van der Waals surface area contributed by atoms with E-state index >= 15 is 0 Å². The molecule has 1 saturated heterocycles. The predicted octanol–water partition coefficient (Wildman–Crippen LogP) is 4.22. The zero-order valence-electron chi connectivity index (χ0n) is 15.2. The van der Waals surface area contributed by atoms with Gasteiger partial charge in [-0.05, 0) is 55.2 Å². The van der Waals surface area contributed by atoms with Crippen molar-refractivity contribution in [2.75, 3.05) is 23.3 Å². The van der Waals surface area contributed by atoms with Gasteiger partial charge >= 0.3 is 0 Å². The van der Waals surface area contributed by atoms with Crippen LogP contribution in [0.15, 0.2) is 42.5 Å². The molecule has 4 N–H and O–H groups in total. The van der Waals surface area contributed by atoms with Gasteiger partial charge in [-0.3, -0.25) is 9.89 Å². The molecule has 0 saturated carbocycles. The third kappa shape index (κ3) is 3.98. The molecule has 27 heavy (non-hydrogen) atoms. The molecule has 2 aromatic heterocycles. The molecule has 0 bridgehead atoms. The molecule has 3 heterocycles. The number of rotatable bonds is 5. The van der Waals surface area contributed by atoms with Crippen LogP contribution >= 0.6 is 11.3 Å². The van der Waals surface area contributed by atoms with Crippen molar-refractivity contribution in [3.05, 3.63) is 47.3 Å². The van der Waals surface area contributed by atoms with Crippen LogP contribution in [0.1, 0.15) is 29.4 Å². The first-order chi connectivity index (χ1) is 13.1. The first-order valence-corrected chi connectivity index (χ1v) is 9.97. The Kier molecular flexibility index (Phi) is 4.85. The molecule has 6 nitrogen and oxygen atoms in total. The largest absolute Gasteiger partial charge is 0.372 e. The second kappa shape index (κ2) is 7.44. The van der Waals surface area contributed by atoms with E-state index < -0.39 is 5.91 Å². The van der Waals surface area contributed by atoms with E-state index in [4.69, 9.17) is 5.73 Å². The summed E-state index contributed by atoms with van der Waals surface area (Å²) in [7, 11) is 0.